The molecule has 1 fully saturated rings. The summed E-state index contributed by atoms with van der Waals surface area (Å²) in [6, 6.07) is 11.1. The standard InChI is InChI=1S/C16H17BrN2O4S2/c17-13-6-7-14(24-13)25(21,22)18-15(12-4-2-1-3-5-12)16(20)19-8-10-23-11-9-19/h1-7,15,18H,8-11H2. The van der Waals surface area contributed by atoms with Crippen LogP contribution in [-0.4, -0.2) is 45.5 Å². The number of halogens is 1. The minimum atomic E-state index is -3.81. The number of hydrogen-bond donors (Lipinski definition) is 1. The lowest BCUT2D eigenvalue weighted by Crippen LogP contribution is -2.47. The fourth-order valence-electron chi connectivity index (χ4n) is 2.53. The van der Waals surface area contributed by atoms with Gasteiger partial charge in [-0.3, -0.25) is 4.79 Å². The molecule has 1 atom stereocenters. The number of carbonyl (C=O) groups excluding carboxylic acids is 1. The Morgan fingerprint density at radius 3 is 2.44 bits per heavy atom. The van der Waals surface area contributed by atoms with Gasteiger partial charge in [0, 0.05) is 13.1 Å². The molecule has 1 aromatic heterocycles. The van der Waals surface area contributed by atoms with Crippen molar-refractivity contribution in [3.8, 4) is 0 Å². The first-order chi connectivity index (χ1) is 12.0. The van der Waals surface area contributed by atoms with Gasteiger partial charge in [0.2, 0.25) is 5.91 Å². The van der Waals surface area contributed by atoms with Gasteiger partial charge in [0.25, 0.3) is 10.0 Å². The fraction of sp³-hybridized carbons (Fsp3) is 0.312. The van der Waals surface area contributed by atoms with Crippen LogP contribution in [0.1, 0.15) is 11.6 Å². The quantitative estimate of drug-likeness (QED) is 0.767. The summed E-state index contributed by atoms with van der Waals surface area (Å²) in [6.07, 6.45) is 0. The molecule has 9 heteroatoms. The van der Waals surface area contributed by atoms with Crippen molar-refractivity contribution in [2.75, 3.05) is 26.3 Å². The molecule has 0 saturated carbocycles. The topological polar surface area (TPSA) is 75.7 Å². The molecule has 1 aliphatic rings. The Labute approximate surface area is 159 Å². The maximum Gasteiger partial charge on any atom is 0.251 e. The van der Waals surface area contributed by atoms with E-state index in [0.29, 0.717) is 35.7 Å². The molecule has 1 N–H and O–H groups in total. The maximum atomic E-state index is 13.0. The Kier molecular flexibility index (Phi) is 5.90. The highest BCUT2D eigenvalue weighted by Gasteiger charge is 2.31. The number of nitrogens with one attached hydrogen (secondary N) is 1. The average Bonchev–Trinajstić information content (AvgIpc) is 3.08. The van der Waals surface area contributed by atoms with Crippen LogP contribution in [0.4, 0.5) is 0 Å². The van der Waals surface area contributed by atoms with E-state index in [9.17, 15) is 13.2 Å². The zero-order chi connectivity index (χ0) is 17.9. The lowest BCUT2D eigenvalue weighted by molar-refractivity contribution is -0.137. The van der Waals surface area contributed by atoms with Crippen molar-refractivity contribution >= 4 is 43.2 Å². The van der Waals surface area contributed by atoms with Crippen LogP contribution >= 0.6 is 27.3 Å². The van der Waals surface area contributed by atoms with Crippen molar-refractivity contribution in [3.63, 3.8) is 0 Å². The summed E-state index contributed by atoms with van der Waals surface area (Å²) in [4.78, 5) is 14.6. The molecule has 0 spiro atoms. The lowest BCUT2D eigenvalue weighted by Gasteiger charge is -2.30. The van der Waals surface area contributed by atoms with E-state index in [1.807, 2.05) is 6.07 Å². The van der Waals surface area contributed by atoms with Crippen LogP contribution in [-0.2, 0) is 19.6 Å². The van der Waals surface area contributed by atoms with Gasteiger partial charge in [0.1, 0.15) is 10.3 Å². The molecular weight excluding hydrogens is 428 g/mol. The average molecular weight is 445 g/mol. The second-order valence-corrected chi connectivity index (χ2v) is 9.87. The van der Waals surface area contributed by atoms with Gasteiger partial charge in [-0.05, 0) is 33.6 Å². The molecule has 25 heavy (non-hydrogen) atoms. The normalized spacial score (nSPS) is 16.6. The van der Waals surface area contributed by atoms with E-state index in [-0.39, 0.29) is 10.1 Å². The Bertz CT molecular complexity index is 833. The monoisotopic (exact) mass is 444 g/mol. The number of hydrogen-bond acceptors (Lipinski definition) is 5. The molecule has 2 aromatic rings. The van der Waals surface area contributed by atoms with E-state index in [2.05, 4.69) is 20.7 Å². The summed E-state index contributed by atoms with van der Waals surface area (Å²) in [6.45, 7) is 1.82. The molecule has 1 aliphatic heterocycles. The van der Waals surface area contributed by atoms with Gasteiger partial charge < -0.3 is 9.64 Å². The van der Waals surface area contributed by atoms with Gasteiger partial charge in [-0.25, -0.2) is 8.42 Å². The summed E-state index contributed by atoms with van der Waals surface area (Å²) in [5.41, 5.74) is 0.609. The molecule has 134 valence electrons. The largest absolute Gasteiger partial charge is 0.378 e. The van der Waals surface area contributed by atoms with Crippen molar-refractivity contribution < 1.29 is 17.9 Å². The number of ether oxygens (including phenoxy) is 1. The molecule has 0 aliphatic carbocycles. The van der Waals surface area contributed by atoms with Crippen LogP contribution in [0.25, 0.3) is 0 Å². The predicted octanol–water partition coefficient (Wildman–Crippen LogP) is 2.39. The van der Waals surface area contributed by atoms with Gasteiger partial charge >= 0.3 is 0 Å². The van der Waals surface area contributed by atoms with Crippen LogP contribution in [0.5, 0.6) is 0 Å². The zero-order valence-corrected chi connectivity index (χ0v) is 16.4. The van der Waals surface area contributed by atoms with E-state index < -0.39 is 16.1 Å². The highest BCUT2D eigenvalue weighted by atomic mass is 79.9. The summed E-state index contributed by atoms with van der Waals surface area (Å²) >= 11 is 4.36. The van der Waals surface area contributed by atoms with Crippen molar-refractivity contribution in [2.24, 2.45) is 0 Å². The van der Waals surface area contributed by atoms with Crippen molar-refractivity contribution in [1.82, 2.24) is 9.62 Å². The Morgan fingerprint density at radius 1 is 1.16 bits per heavy atom. The smallest absolute Gasteiger partial charge is 0.251 e. The third-order valence-electron chi connectivity index (χ3n) is 3.79. The summed E-state index contributed by atoms with van der Waals surface area (Å²) in [5.74, 6) is -0.270. The van der Waals surface area contributed by atoms with Crippen molar-refractivity contribution in [2.45, 2.75) is 10.3 Å². The van der Waals surface area contributed by atoms with E-state index >= 15 is 0 Å². The third kappa shape index (κ3) is 4.48. The van der Waals surface area contributed by atoms with Gasteiger partial charge in [-0.15, -0.1) is 11.3 Å². The molecule has 1 saturated heterocycles. The summed E-state index contributed by atoms with van der Waals surface area (Å²) in [5, 5.41) is 0. The van der Waals surface area contributed by atoms with Crippen LogP contribution in [0.15, 0.2) is 50.5 Å². The van der Waals surface area contributed by atoms with Crippen LogP contribution in [0, 0.1) is 0 Å². The number of benzene rings is 1. The van der Waals surface area contributed by atoms with Gasteiger partial charge in [0.15, 0.2) is 0 Å². The second kappa shape index (κ2) is 7.96. The molecule has 1 aromatic carbocycles. The lowest BCUT2D eigenvalue weighted by atomic mass is 10.1. The number of amides is 1. The zero-order valence-electron chi connectivity index (χ0n) is 13.2. The highest BCUT2D eigenvalue weighted by Crippen LogP contribution is 2.28. The first-order valence-electron chi connectivity index (χ1n) is 7.66. The molecule has 6 nitrogen and oxygen atoms in total. The molecule has 1 unspecified atom stereocenters. The molecule has 0 bridgehead atoms. The Morgan fingerprint density at radius 2 is 1.84 bits per heavy atom. The molecule has 1 amide bonds. The number of thiophene rings is 1. The molecular formula is C16H17BrN2O4S2. The van der Waals surface area contributed by atoms with Crippen LogP contribution < -0.4 is 4.72 Å². The second-order valence-electron chi connectivity index (χ2n) is 5.46. The minimum absolute atomic E-state index is 0.162. The van der Waals surface area contributed by atoms with E-state index in [1.165, 1.54) is 6.07 Å². The summed E-state index contributed by atoms with van der Waals surface area (Å²) < 4.78 is 34.1. The van der Waals surface area contributed by atoms with Gasteiger partial charge in [-0.2, -0.15) is 4.72 Å². The first kappa shape index (κ1) is 18.5. The van der Waals surface area contributed by atoms with Gasteiger partial charge in [0.05, 0.1) is 17.0 Å². The molecule has 2 heterocycles. The van der Waals surface area contributed by atoms with E-state index in [1.54, 1.807) is 35.2 Å². The SMILES string of the molecule is O=C(C(NS(=O)(=O)c1ccc(Br)s1)c1ccccc1)N1CCOCC1. The molecule has 0 radical (unpaired) electrons. The van der Waals surface area contributed by atoms with Crippen molar-refractivity contribution in [1.29, 1.82) is 0 Å². The fourth-order valence-corrected chi connectivity index (χ4v) is 5.73. The Hall–Kier alpha value is -1.26. The predicted molar refractivity (Wildman–Crippen MR) is 98.9 cm³/mol. The van der Waals surface area contributed by atoms with Crippen LogP contribution in [0.2, 0.25) is 0 Å². The van der Waals surface area contributed by atoms with E-state index in [4.69, 9.17) is 4.74 Å². The number of rotatable bonds is 5. The summed E-state index contributed by atoms with van der Waals surface area (Å²) in [7, 11) is -3.81. The third-order valence-corrected chi connectivity index (χ3v) is 7.33. The number of carbonyl (C=O) groups is 1. The number of nitrogens with zero attached hydrogens (tertiary/aromatic N) is 1. The van der Waals surface area contributed by atoms with Crippen LogP contribution in [0.3, 0.4) is 0 Å². The number of morpholine rings is 1. The first-order valence-corrected chi connectivity index (χ1v) is 10.8. The Balaban J connectivity index is 1.90. The van der Waals surface area contributed by atoms with Crippen molar-refractivity contribution in [3.05, 3.63) is 51.8 Å². The minimum Gasteiger partial charge on any atom is -0.378 e. The van der Waals surface area contributed by atoms with E-state index in [0.717, 1.165) is 11.3 Å². The highest BCUT2D eigenvalue weighted by molar-refractivity contribution is 9.11. The van der Waals surface area contributed by atoms with Gasteiger partial charge in [-0.1, -0.05) is 30.3 Å². The molecule has 3 rings (SSSR count). The maximum absolute atomic E-state index is 13.0. The number of sulfonamides is 1.